The van der Waals surface area contributed by atoms with E-state index in [1.165, 1.54) is 18.2 Å². The van der Waals surface area contributed by atoms with Gasteiger partial charge in [0.15, 0.2) is 0 Å². The lowest BCUT2D eigenvalue weighted by Crippen LogP contribution is -2.32. The Hall–Kier alpha value is -2.30. The Kier molecular flexibility index (Phi) is 7.15. The first-order chi connectivity index (χ1) is 13.4. The number of aliphatic hydroxyl groups excluding tert-OH is 1. The van der Waals surface area contributed by atoms with E-state index < -0.39 is 21.8 Å². The number of aliphatic hydroxyl groups is 1. The van der Waals surface area contributed by atoms with E-state index in [0.717, 1.165) is 22.7 Å². The van der Waals surface area contributed by atoms with Gasteiger partial charge >= 0.3 is 6.18 Å². The Morgan fingerprint density at radius 3 is 2.17 bits per heavy atom. The number of alkyl halides is 3. The van der Waals surface area contributed by atoms with E-state index in [0.29, 0.717) is 23.5 Å². The van der Waals surface area contributed by atoms with Gasteiger partial charge in [-0.3, -0.25) is 4.31 Å². The summed E-state index contributed by atoms with van der Waals surface area (Å²) in [7, 11) is 0.0287. The smallest absolute Gasteiger partial charge is 0.416 e. The topological polar surface area (TPSA) is 70.1 Å². The van der Waals surface area contributed by atoms with Crippen LogP contribution in [-0.2, 0) is 22.7 Å². The third-order valence-electron chi connectivity index (χ3n) is 3.93. The molecule has 0 saturated carbocycles. The molecule has 1 N–H and O–H groups in total. The van der Waals surface area contributed by atoms with Gasteiger partial charge in [-0.05, 0) is 56.6 Å². The van der Waals surface area contributed by atoms with Gasteiger partial charge in [-0.15, -0.1) is 0 Å². The number of anilines is 1. The minimum absolute atomic E-state index is 0.0979. The molecule has 0 aliphatic heterocycles. The number of nitrogens with zero attached hydrogens (tertiary/aromatic N) is 2. The molecule has 0 aliphatic rings. The third-order valence-corrected chi connectivity index (χ3v) is 5.13. The number of rotatable bonds is 8. The highest BCUT2D eigenvalue weighted by molar-refractivity contribution is 7.92. The molecular weight excluding hydrogens is 409 g/mol. The van der Waals surface area contributed by atoms with Crippen LogP contribution in [0.25, 0.3) is 0 Å². The second kappa shape index (κ2) is 9.02. The van der Waals surface area contributed by atoms with Crippen LogP contribution in [-0.4, -0.2) is 51.9 Å². The van der Waals surface area contributed by atoms with Crippen LogP contribution in [0.1, 0.15) is 11.1 Å². The van der Waals surface area contributed by atoms with E-state index in [1.807, 2.05) is 19.0 Å². The largest absolute Gasteiger partial charge is 0.457 e. The van der Waals surface area contributed by atoms with Crippen molar-refractivity contribution in [3.05, 3.63) is 53.6 Å². The molecule has 0 amide bonds. The molecule has 0 aromatic heterocycles. The number of sulfonamides is 1. The summed E-state index contributed by atoms with van der Waals surface area (Å²) in [4.78, 5) is 1.84. The first-order valence-electron chi connectivity index (χ1n) is 8.63. The van der Waals surface area contributed by atoms with Crippen molar-refractivity contribution in [2.45, 2.75) is 12.7 Å². The third kappa shape index (κ3) is 6.34. The minimum Gasteiger partial charge on any atom is -0.457 e. The molecule has 0 atom stereocenters. The molecule has 2 rings (SSSR count). The lowest BCUT2D eigenvalue weighted by molar-refractivity contribution is -0.137. The zero-order chi connectivity index (χ0) is 21.8. The van der Waals surface area contributed by atoms with Crippen LogP contribution in [0.4, 0.5) is 18.9 Å². The molecule has 29 heavy (non-hydrogen) atoms. The molecule has 2 aromatic carbocycles. The van der Waals surface area contributed by atoms with Crippen LogP contribution in [0.5, 0.6) is 11.5 Å². The van der Waals surface area contributed by atoms with E-state index in [1.54, 1.807) is 12.1 Å². The van der Waals surface area contributed by atoms with Crippen LogP contribution >= 0.6 is 0 Å². The van der Waals surface area contributed by atoms with Crippen LogP contribution in [0, 0.1) is 0 Å². The van der Waals surface area contributed by atoms with Crippen LogP contribution in [0.2, 0.25) is 0 Å². The van der Waals surface area contributed by atoms with E-state index in [4.69, 9.17) is 4.74 Å². The van der Waals surface area contributed by atoms with E-state index >= 15 is 0 Å². The van der Waals surface area contributed by atoms with Crippen LogP contribution < -0.4 is 9.04 Å². The maximum absolute atomic E-state index is 12.7. The summed E-state index contributed by atoms with van der Waals surface area (Å²) in [6, 6.07) is 9.02. The minimum atomic E-state index is -4.43. The summed E-state index contributed by atoms with van der Waals surface area (Å²) in [5.41, 5.74) is 0.221. The summed E-state index contributed by atoms with van der Waals surface area (Å²) in [5.74, 6) is 0.612. The van der Waals surface area contributed by atoms with Crippen LogP contribution in [0.15, 0.2) is 42.5 Å². The normalized spacial score (nSPS) is 12.3. The summed E-state index contributed by atoms with van der Waals surface area (Å²) >= 11 is 0. The predicted molar refractivity (Wildman–Crippen MR) is 105 cm³/mol. The lowest BCUT2D eigenvalue weighted by Gasteiger charge is -2.23. The lowest BCUT2D eigenvalue weighted by atomic mass is 10.1. The van der Waals surface area contributed by atoms with Gasteiger partial charge in [0, 0.05) is 12.1 Å². The summed E-state index contributed by atoms with van der Waals surface area (Å²) in [6.45, 7) is -0.0419. The maximum Gasteiger partial charge on any atom is 0.416 e. The van der Waals surface area contributed by atoms with Gasteiger partial charge < -0.3 is 14.7 Å². The fraction of sp³-hybridized carbons (Fsp3) is 0.368. The van der Waals surface area contributed by atoms with Crippen molar-refractivity contribution in [3.8, 4) is 11.5 Å². The van der Waals surface area contributed by atoms with Gasteiger partial charge in [-0.25, -0.2) is 8.42 Å². The van der Waals surface area contributed by atoms with Crippen molar-refractivity contribution in [3.63, 3.8) is 0 Å². The number of benzene rings is 2. The quantitative estimate of drug-likeness (QED) is 0.693. The van der Waals surface area contributed by atoms with Crippen molar-refractivity contribution in [1.29, 1.82) is 0 Å². The molecular formula is C19H23F3N2O4S. The van der Waals surface area contributed by atoms with Crippen molar-refractivity contribution in [2.24, 2.45) is 0 Å². The maximum atomic E-state index is 12.7. The number of hydrogen-bond acceptors (Lipinski definition) is 5. The summed E-state index contributed by atoms with van der Waals surface area (Å²) in [6.07, 6.45) is -3.39. The molecule has 0 radical (unpaired) electrons. The van der Waals surface area contributed by atoms with Gasteiger partial charge in [0.25, 0.3) is 0 Å². The highest BCUT2D eigenvalue weighted by Crippen LogP contribution is 2.33. The Morgan fingerprint density at radius 2 is 1.69 bits per heavy atom. The SMILES string of the molecule is CN(C)Cc1cc(N(CCO)S(C)(=O)=O)ccc1Oc1ccc(C(F)(F)F)cc1. The van der Waals surface area contributed by atoms with Crippen LogP contribution in [0.3, 0.4) is 0 Å². The first-order valence-corrected chi connectivity index (χ1v) is 10.5. The molecule has 2 aromatic rings. The molecule has 0 unspecified atom stereocenters. The van der Waals surface area contributed by atoms with Gasteiger partial charge in [-0.2, -0.15) is 13.2 Å². The standard InChI is InChI=1S/C19H23F3N2O4S/c1-23(2)13-14-12-16(24(10-11-25)29(3,26)27)6-9-18(14)28-17-7-4-15(5-8-17)19(20,21)22/h4-9,12,25H,10-11,13H2,1-3H3. The van der Waals surface area contributed by atoms with Gasteiger partial charge in [0.05, 0.1) is 30.7 Å². The molecule has 0 fully saturated rings. The number of hydrogen-bond donors (Lipinski definition) is 1. The number of halogens is 3. The molecule has 0 heterocycles. The average molecular weight is 432 g/mol. The van der Waals surface area contributed by atoms with Gasteiger partial charge in [0.2, 0.25) is 10.0 Å². The van der Waals surface area contributed by atoms with Crippen molar-refractivity contribution in [2.75, 3.05) is 37.8 Å². The Balaban J connectivity index is 2.39. The van der Waals surface area contributed by atoms with Crippen molar-refractivity contribution >= 4 is 15.7 Å². The Labute approximate surface area is 168 Å². The second-order valence-corrected chi connectivity index (χ2v) is 8.62. The summed E-state index contributed by atoms with van der Waals surface area (Å²) < 4.78 is 69.0. The monoisotopic (exact) mass is 432 g/mol. The average Bonchev–Trinajstić information content (AvgIpc) is 2.59. The predicted octanol–water partition coefficient (Wildman–Crippen LogP) is 3.32. The van der Waals surface area contributed by atoms with Gasteiger partial charge in [0.1, 0.15) is 11.5 Å². The van der Waals surface area contributed by atoms with Gasteiger partial charge in [-0.1, -0.05) is 0 Å². The second-order valence-electron chi connectivity index (χ2n) is 6.71. The molecule has 0 bridgehead atoms. The fourth-order valence-corrected chi connectivity index (χ4v) is 3.61. The molecule has 10 heteroatoms. The van der Waals surface area contributed by atoms with E-state index in [2.05, 4.69) is 0 Å². The van der Waals surface area contributed by atoms with E-state index in [9.17, 15) is 26.7 Å². The molecule has 0 aliphatic carbocycles. The Bertz CT molecular complexity index is 929. The Morgan fingerprint density at radius 1 is 1.07 bits per heavy atom. The number of ether oxygens (including phenoxy) is 1. The zero-order valence-electron chi connectivity index (χ0n) is 16.3. The molecule has 0 saturated heterocycles. The molecule has 6 nitrogen and oxygen atoms in total. The fourth-order valence-electron chi connectivity index (χ4n) is 2.70. The first kappa shape index (κ1) is 23.0. The molecule has 0 spiro atoms. The molecule has 160 valence electrons. The highest BCUT2D eigenvalue weighted by atomic mass is 32.2. The highest BCUT2D eigenvalue weighted by Gasteiger charge is 2.30. The summed E-state index contributed by atoms with van der Waals surface area (Å²) in [5, 5.41) is 9.19. The zero-order valence-corrected chi connectivity index (χ0v) is 17.1. The van der Waals surface area contributed by atoms with Crippen molar-refractivity contribution in [1.82, 2.24) is 4.90 Å². The van der Waals surface area contributed by atoms with E-state index in [-0.39, 0.29) is 18.9 Å². The van der Waals surface area contributed by atoms with Crippen molar-refractivity contribution < 1.29 is 31.4 Å².